The Morgan fingerprint density at radius 1 is 0.442 bits per heavy atom. The van der Waals surface area contributed by atoms with Crippen molar-refractivity contribution in [2.45, 2.75) is 33.1 Å². The second-order valence-electron chi connectivity index (χ2n) is 12.6. The van der Waals surface area contributed by atoms with Crippen molar-refractivity contribution in [3.63, 3.8) is 0 Å². The van der Waals surface area contributed by atoms with E-state index in [0.29, 0.717) is 101 Å². The fraction of sp³-hybridized carbons (Fsp3) is 0.351. The molecule has 0 saturated carbocycles. The van der Waals surface area contributed by atoms with Crippen molar-refractivity contribution in [2.75, 3.05) is 52.4 Å². The zero-order valence-corrected chi connectivity index (χ0v) is 29.0. The Labute approximate surface area is 301 Å². The molecule has 15 heteroatoms. The van der Waals surface area contributed by atoms with Crippen molar-refractivity contribution in [1.29, 1.82) is 0 Å². The van der Waals surface area contributed by atoms with Crippen LogP contribution in [-0.4, -0.2) is 131 Å². The fourth-order valence-electron chi connectivity index (χ4n) is 5.95. The quantitative estimate of drug-likeness (QED) is 0.182. The number of pyridine rings is 4. The van der Waals surface area contributed by atoms with Crippen molar-refractivity contribution in [3.05, 3.63) is 118 Å². The van der Waals surface area contributed by atoms with Crippen LogP contribution in [0.2, 0.25) is 0 Å². The lowest BCUT2D eigenvalue weighted by molar-refractivity contribution is 0.0678. The first-order chi connectivity index (χ1) is 25.0. The summed E-state index contributed by atoms with van der Waals surface area (Å²) in [6.45, 7) is 7.98. The third-order valence-corrected chi connectivity index (χ3v) is 8.72. The molecular weight excluding hydrogens is 668 g/mol. The van der Waals surface area contributed by atoms with Crippen LogP contribution in [0.15, 0.2) is 72.8 Å². The van der Waals surface area contributed by atoms with Crippen molar-refractivity contribution in [1.82, 2.24) is 39.5 Å². The van der Waals surface area contributed by atoms with Crippen LogP contribution in [0.3, 0.4) is 0 Å². The summed E-state index contributed by atoms with van der Waals surface area (Å²) in [4.78, 5) is 73.6. The third-order valence-electron chi connectivity index (χ3n) is 8.72. The molecule has 1 aliphatic heterocycles. The molecule has 52 heavy (non-hydrogen) atoms. The van der Waals surface area contributed by atoms with Crippen molar-refractivity contribution in [3.8, 4) is 0 Å². The maximum absolute atomic E-state index is 12.1. The second-order valence-corrected chi connectivity index (χ2v) is 12.6. The van der Waals surface area contributed by atoms with Gasteiger partial charge in [-0.1, -0.05) is 24.3 Å². The molecule has 0 unspecified atom stereocenters. The number of carboxylic acids is 3. The summed E-state index contributed by atoms with van der Waals surface area (Å²) in [6, 6.07) is 20.3. The molecule has 5 heterocycles. The van der Waals surface area contributed by atoms with Gasteiger partial charge in [0.1, 0.15) is 22.8 Å². The smallest absolute Gasteiger partial charge is 0.354 e. The Balaban J connectivity index is 1.43. The number of aromatic carboxylic acids is 3. The van der Waals surface area contributed by atoms with Crippen LogP contribution in [0.1, 0.15) is 71.7 Å². The predicted molar refractivity (Wildman–Crippen MR) is 189 cm³/mol. The molecule has 5 rings (SSSR count). The minimum atomic E-state index is -1.10. The lowest BCUT2D eigenvalue weighted by Crippen LogP contribution is -2.45. The summed E-state index contributed by atoms with van der Waals surface area (Å²) in [5.74, 6) is -3.42. The van der Waals surface area contributed by atoms with E-state index in [4.69, 9.17) is 0 Å². The van der Waals surface area contributed by atoms with Crippen LogP contribution in [0.25, 0.3) is 0 Å². The van der Waals surface area contributed by atoms with Crippen LogP contribution in [0.4, 0.5) is 0 Å². The zero-order chi connectivity index (χ0) is 37.0. The third kappa shape index (κ3) is 11.3. The number of nitrogens with zero attached hydrogens (tertiary/aromatic N) is 8. The minimum absolute atomic E-state index is 0.0283. The van der Waals surface area contributed by atoms with Gasteiger partial charge in [0.15, 0.2) is 5.78 Å². The van der Waals surface area contributed by atoms with E-state index < -0.39 is 17.9 Å². The Morgan fingerprint density at radius 3 is 0.904 bits per heavy atom. The number of carbonyl (C=O) groups is 4. The van der Waals surface area contributed by atoms with E-state index in [0.717, 1.165) is 5.69 Å². The number of hydrogen-bond donors (Lipinski definition) is 3. The summed E-state index contributed by atoms with van der Waals surface area (Å²) in [6.07, 6.45) is 0. The number of carbonyl (C=O) groups excluding carboxylic acids is 1. The molecule has 4 aromatic rings. The van der Waals surface area contributed by atoms with Gasteiger partial charge < -0.3 is 15.3 Å². The van der Waals surface area contributed by atoms with E-state index in [2.05, 4.69) is 39.5 Å². The second kappa shape index (κ2) is 18.1. The first kappa shape index (κ1) is 37.8. The largest absolute Gasteiger partial charge is 0.477 e. The van der Waals surface area contributed by atoms with Crippen LogP contribution < -0.4 is 0 Å². The van der Waals surface area contributed by atoms with Gasteiger partial charge >= 0.3 is 17.9 Å². The summed E-state index contributed by atoms with van der Waals surface area (Å²) >= 11 is 0. The highest BCUT2D eigenvalue weighted by molar-refractivity contribution is 5.92. The Morgan fingerprint density at radius 2 is 0.673 bits per heavy atom. The Hall–Kier alpha value is -5.48. The molecule has 1 aliphatic rings. The van der Waals surface area contributed by atoms with E-state index in [1.54, 1.807) is 30.3 Å². The van der Waals surface area contributed by atoms with Crippen molar-refractivity contribution in [2.24, 2.45) is 0 Å². The van der Waals surface area contributed by atoms with E-state index in [1.165, 1.54) is 25.1 Å². The van der Waals surface area contributed by atoms with Crippen LogP contribution in [0.5, 0.6) is 0 Å². The van der Waals surface area contributed by atoms with Crippen molar-refractivity contribution >= 4 is 23.7 Å². The summed E-state index contributed by atoms with van der Waals surface area (Å²) in [7, 11) is 0. The molecule has 4 aromatic heterocycles. The number of hydrogen-bond acceptors (Lipinski definition) is 12. The molecule has 0 aromatic carbocycles. The molecular formula is C37H42N8O7. The van der Waals surface area contributed by atoms with Crippen molar-refractivity contribution < 1.29 is 34.5 Å². The molecule has 272 valence electrons. The maximum atomic E-state index is 12.1. The molecule has 0 bridgehead atoms. The van der Waals surface area contributed by atoms with Crippen LogP contribution >= 0.6 is 0 Å². The molecule has 3 N–H and O–H groups in total. The molecule has 1 saturated heterocycles. The van der Waals surface area contributed by atoms with E-state index >= 15 is 0 Å². The summed E-state index contributed by atoms with van der Waals surface area (Å²) < 4.78 is 0. The molecule has 1 fully saturated rings. The average molecular weight is 711 g/mol. The topological polar surface area (TPSA) is 193 Å². The van der Waals surface area contributed by atoms with Gasteiger partial charge in [-0.2, -0.15) is 0 Å². The first-order valence-corrected chi connectivity index (χ1v) is 17.0. The van der Waals surface area contributed by atoms with Gasteiger partial charge in [-0.05, 0) is 48.5 Å². The first-order valence-electron chi connectivity index (χ1n) is 17.0. The zero-order valence-electron chi connectivity index (χ0n) is 29.0. The maximum Gasteiger partial charge on any atom is 0.354 e. The van der Waals surface area contributed by atoms with Gasteiger partial charge in [0.25, 0.3) is 0 Å². The molecule has 0 atom stereocenters. The number of rotatable bonds is 12. The average Bonchev–Trinajstić information content (AvgIpc) is 3.13. The number of aromatic nitrogens is 4. The van der Waals surface area contributed by atoms with E-state index in [9.17, 15) is 34.5 Å². The molecule has 15 nitrogen and oxygen atoms in total. The van der Waals surface area contributed by atoms with Crippen LogP contribution in [-0.2, 0) is 26.2 Å². The van der Waals surface area contributed by atoms with Gasteiger partial charge in [-0.15, -0.1) is 0 Å². The predicted octanol–water partition coefficient (Wildman–Crippen LogP) is 2.89. The molecule has 0 aliphatic carbocycles. The molecule has 0 radical (unpaired) electrons. The lowest BCUT2D eigenvalue weighted by Gasteiger charge is -2.34. The highest BCUT2D eigenvalue weighted by Crippen LogP contribution is 2.13. The Bertz CT molecular complexity index is 1600. The number of Topliss-reactive ketones (excluding diaryl/α,β-unsaturated/α-hetero) is 1. The number of carboxylic acid groups (broad SMARTS) is 3. The van der Waals surface area contributed by atoms with E-state index in [-0.39, 0.29) is 22.9 Å². The van der Waals surface area contributed by atoms with Gasteiger partial charge in [-0.3, -0.25) is 24.4 Å². The standard InChI is InChI=1S/C37H42N8O7/c1-26(46)31-10-2-6-27(38-31)22-42-14-16-43(23-28-7-3-11-32(39-28)35(47)48)18-20-45(25-30-9-5-13-34(41-30)37(51)52)21-19-44(17-15-42)24-29-8-4-12-33(40-29)36(49)50/h2-13H,14-25H2,1H3,(H,47,48)(H,49,50)(H,51,52). The lowest BCUT2D eigenvalue weighted by atomic mass is 10.2. The van der Waals surface area contributed by atoms with Gasteiger partial charge in [0, 0.05) is 85.5 Å². The Kier molecular flexibility index (Phi) is 13.2. The molecule has 0 spiro atoms. The van der Waals surface area contributed by atoms with Gasteiger partial charge in [-0.25, -0.2) is 34.3 Å². The van der Waals surface area contributed by atoms with E-state index in [1.807, 2.05) is 24.3 Å². The minimum Gasteiger partial charge on any atom is -0.477 e. The van der Waals surface area contributed by atoms with Gasteiger partial charge in [0.05, 0.1) is 22.8 Å². The monoisotopic (exact) mass is 710 g/mol. The van der Waals surface area contributed by atoms with Gasteiger partial charge in [0.2, 0.25) is 0 Å². The number of ketones is 1. The highest BCUT2D eigenvalue weighted by atomic mass is 16.4. The SMILES string of the molecule is CC(=O)c1cccc(CN2CCN(Cc3cccc(C(=O)O)n3)CCN(Cc3cccc(C(=O)O)n3)CCN(Cc3cccc(C(=O)O)n3)CC2)n1. The highest BCUT2D eigenvalue weighted by Gasteiger charge is 2.20. The normalized spacial score (nSPS) is 15.7. The summed E-state index contributed by atoms with van der Waals surface area (Å²) in [5, 5.41) is 28.6. The fourth-order valence-corrected chi connectivity index (χ4v) is 5.95. The van der Waals surface area contributed by atoms with Crippen LogP contribution in [0, 0.1) is 0 Å². The molecule has 0 amide bonds. The summed E-state index contributed by atoms with van der Waals surface area (Å²) in [5.41, 5.74) is 2.92.